The first kappa shape index (κ1) is 18.5. The molecule has 4 heterocycles. The Bertz CT molecular complexity index is 1150. The number of pyridine rings is 1. The second kappa shape index (κ2) is 6.90. The summed E-state index contributed by atoms with van der Waals surface area (Å²) in [4.78, 5) is 24.1. The lowest BCUT2D eigenvalue weighted by Gasteiger charge is -2.20. The monoisotopic (exact) mass is 418 g/mol. The summed E-state index contributed by atoms with van der Waals surface area (Å²) in [5.74, 6) is 2.75. The van der Waals surface area contributed by atoms with Crippen LogP contribution in [-0.2, 0) is 13.0 Å². The minimum Gasteiger partial charge on any atom is -0.356 e. The van der Waals surface area contributed by atoms with E-state index < -0.39 is 0 Å². The largest absolute Gasteiger partial charge is 0.356 e. The molecule has 1 saturated heterocycles. The van der Waals surface area contributed by atoms with Gasteiger partial charge in [0.05, 0.1) is 18.3 Å². The molecule has 3 atom stereocenters. The molecule has 3 aliphatic rings. The smallest absolute Gasteiger partial charge is 0.291 e. The van der Waals surface area contributed by atoms with Gasteiger partial charge in [0, 0.05) is 24.5 Å². The average molecular weight is 419 g/mol. The molecule has 31 heavy (non-hydrogen) atoms. The van der Waals surface area contributed by atoms with Crippen LogP contribution in [0.25, 0.3) is 0 Å². The molecule has 3 aromatic heterocycles. The van der Waals surface area contributed by atoms with Crippen LogP contribution in [0.2, 0.25) is 0 Å². The van der Waals surface area contributed by atoms with E-state index in [1.165, 1.54) is 12.0 Å². The van der Waals surface area contributed by atoms with Crippen molar-refractivity contribution in [3.63, 3.8) is 0 Å². The zero-order chi connectivity index (χ0) is 21.1. The second-order valence-electron chi connectivity index (χ2n) is 9.12. The maximum Gasteiger partial charge on any atom is 0.291 e. The Kier molecular flexibility index (Phi) is 4.12. The van der Waals surface area contributed by atoms with E-state index in [4.69, 9.17) is 4.98 Å². The van der Waals surface area contributed by atoms with Crippen molar-refractivity contribution >= 4 is 11.7 Å². The highest BCUT2D eigenvalue weighted by atomic mass is 16.2. The number of carbonyl (C=O) groups is 1. The van der Waals surface area contributed by atoms with E-state index in [2.05, 4.69) is 42.6 Å². The van der Waals surface area contributed by atoms with Crippen LogP contribution in [0.4, 0.5) is 5.82 Å². The summed E-state index contributed by atoms with van der Waals surface area (Å²) in [5, 5.41) is 14.8. The Morgan fingerprint density at radius 1 is 1.26 bits per heavy atom. The molecule has 2 unspecified atom stereocenters. The van der Waals surface area contributed by atoms with Gasteiger partial charge in [0.25, 0.3) is 5.91 Å². The number of piperidine rings is 1. The molecule has 6 rings (SSSR count). The molecule has 9 heteroatoms. The summed E-state index contributed by atoms with van der Waals surface area (Å²) in [6.45, 7) is 6.85. The standard InChI is InChI=1S/C22H26N8O/c1-12-14(3-6-19(24-12)29-8-15-7-16(15)9-29)10-30-11-23-21(28-30)22(31)25-18-5-4-17-13(2)26-27-20(17)18/h3,6,11,15-16,18H,4-5,7-10H2,1-2H3,(H,25,31)(H,26,27)/t15?,16?,18-/m1/s1. The van der Waals surface area contributed by atoms with Crippen LogP contribution in [0.15, 0.2) is 18.5 Å². The van der Waals surface area contributed by atoms with E-state index in [0.717, 1.165) is 66.2 Å². The first-order valence-corrected chi connectivity index (χ1v) is 11.0. The highest BCUT2D eigenvalue weighted by Crippen LogP contribution is 2.46. The van der Waals surface area contributed by atoms with Crippen LogP contribution in [0.1, 0.15) is 57.7 Å². The quantitative estimate of drug-likeness (QED) is 0.656. The van der Waals surface area contributed by atoms with Gasteiger partial charge < -0.3 is 10.2 Å². The Hall–Kier alpha value is -3.23. The summed E-state index contributed by atoms with van der Waals surface area (Å²) in [6, 6.07) is 4.12. The third kappa shape index (κ3) is 3.28. The summed E-state index contributed by atoms with van der Waals surface area (Å²) >= 11 is 0. The Morgan fingerprint density at radius 3 is 2.90 bits per heavy atom. The van der Waals surface area contributed by atoms with Gasteiger partial charge in [-0.1, -0.05) is 6.07 Å². The fourth-order valence-electron chi connectivity index (χ4n) is 5.02. The molecular formula is C22H26N8O. The van der Waals surface area contributed by atoms with Crippen molar-refractivity contribution in [3.05, 3.63) is 52.5 Å². The number of hydrogen-bond acceptors (Lipinski definition) is 6. The van der Waals surface area contributed by atoms with Gasteiger partial charge in [-0.05, 0) is 62.1 Å². The maximum atomic E-state index is 12.7. The number of anilines is 1. The number of aromatic nitrogens is 6. The summed E-state index contributed by atoms with van der Waals surface area (Å²) in [7, 11) is 0. The number of carbonyl (C=O) groups excluding carboxylic acids is 1. The van der Waals surface area contributed by atoms with Crippen LogP contribution < -0.4 is 10.2 Å². The van der Waals surface area contributed by atoms with Crippen LogP contribution in [0.3, 0.4) is 0 Å². The SMILES string of the molecule is Cc1nc(N2CC3CC3C2)ccc1Cn1cnc(C(=O)N[C@@H]2CCc3c2n[nH]c3C)n1. The molecular weight excluding hydrogens is 392 g/mol. The van der Waals surface area contributed by atoms with Gasteiger partial charge in [-0.15, -0.1) is 5.10 Å². The summed E-state index contributed by atoms with van der Waals surface area (Å²) in [5.41, 5.74) is 5.29. The lowest BCUT2D eigenvalue weighted by atomic mass is 10.2. The molecule has 9 nitrogen and oxygen atoms in total. The highest BCUT2D eigenvalue weighted by Gasteiger charge is 2.45. The predicted octanol–water partition coefficient (Wildman–Crippen LogP) is 1.93. The van der Waals surface area contributed by atoms with Crippen LogP contribution in [0, 0.1) is 25.7 Å². The van der Waals surface area contributed by atoms with Crippen LogP contribution in [-0.4, -0.2) is 48.9 Å². The first-order chi connectivity index (χ1) is 15.0. The van der Waals surface area contributed by atoms with Gasteiger partial charge in [0.2, 0.25) is 5.82 Å². The third-order valence-electron chi connectivity index (χ3n) is 6.98. The molecule has 1 amide bonds. The molecule has 160 valence electrons. The fourth-order valence-corrected chi connectivity index (χ4v) is 5.02. The van der Waals surface area contributed by atoms with Gasteiger partial charge in [-0.3, -0.25) is 9.89 Å². The zero-order valence-corrected chi connectivity index (χ0v) is 17.8. The normalized spacial score (nSPS) is 23.7. The number of nitrogens with one attached hydrogen (secondary N) is 2. The van der Waals surface area contributed by atoms with Gasteiger partial charge in [-0.25, -0.2) is 14.6 Å². The summed E-state index contributed by atoms with van der Waals surface area (Å²) < 4.78 is 1.70. The third-order valence-corrected chi connectivity index (χ3v) is 6.98. The van der Waals surface area contributed by atoms with Crippen LogP contribution in [0.5, 0.6) is 0 Å². The molecule has 1 aliphatic heterocycles. The molecule has 2 fully saturated rings. The van der Waals surface area contributed by atoms with E-state index in [-0.39, 0.29) is 17.8 Å². The van der Waals surface area contributed by atoms with Crippen molar-refractivity contribution in [3.8, 4) is 0 Å². The molecule has 1 saturated carbocycles. The number of aromatic amines is 1. The topological polar surface area (TPSA) is 105 Å². The van der Waals surface area contributed by atoms with E-state index >= 15 is 0 Å². The van der Waals surface area contributed by atoms with Crippen molar-refractivity contribution in [1.82, 2.24) is 35.3 Å². The van der Waals surface area contributed by atoms with Gasteiger partial charge >= 0.3 is 0 Å². The molecule has 0 spiro atoms. The van der Waals surface area contributed by atoms with Gasteiger partial charge in [0.15, 0.2) is 0 Å². The van der Waals surface area contributed by atoms with Crippen LogP contribution >= 0.6 is 0 Å². The number of H-pyrrole nitrogens is 1. The number of hydrogen-bond donors (Lipinski definition) is 2. The Morgan fingerprint density at radius 2 is 2.10 bits per heavy atom. The number of amides is 1. The van der Waals surface area contributed by atoms with E-state index in [9.17, 15) is 4.79 Å². The average Bonchev–Trinajstić information content (AvgIpc) is 3.22. The Balaban J connectivity index is 1.12. The second-order valence-corrected chi connectivity index (χ2v) is 9.12. The van der Waals surface area contributed by atoms with Crippen molar-refractivity contribution in [2.24, 2.45) is 11.8 Å². The van der Waals surface area contributed by atoms with E-state index in [1.54, 1.807) is 11.0 Å². The predicted molar refractivity (Wildman–Crippen MR) is 114 cm³/mol. The lowest BCUT2D eigenvalue weighted by molar-refractivity contribution is 0.0925. The highest BCUT2D eigenvalue weighted by molar-refractivity contribution is 5.90. The van der Waals surface area contributed by atoms with Crippen molar-refractivity contribution < 1.29 is 4.79 Å². The summed E-state index contributed by atoms with van der Waals surface area (Å²) in [6.07, 6.45) is 4.77. The van der Waals surface area contributed by atoms with Crippen molar-refractivity contribution in [1.29, 1.82) is 0 Å². The molecule has 0 aromatic carbocycles. The first-order valence-electron chi connectivity index (χ1n) is 11.0. The zero-order valence-electron chi connectivity index (χ0n) is 17.8. The maximum absolute atomic E-state index is 12.7. The van der Waals surface area contributed by atoms with Crippen molar-refractivity contribution in [2.45, 2.75) is 45.7 Å². The van der Waals surface area contributed by atoms with Gasteiger partial charge in [0.1, 0.15) is 12.1 Å². The molecule has 2 aliphatic carbocycles. The molecule has 3 aromatic rings. The van der Waals surface area contributed by atoms with E-state index in [1.807, 2.05) is 13.8 Å². The molecule has 0 radical (unpaired) electrons. The number of fused-ring (bicyclic) bond motifs is 2. The van der Waals surface area contributed by atoms with Crippen molar-refractivity contribution in [2.75, 3.05) is 18.0 Å². The number of nitrogens with zero attached hydrogens (tertiary/aromatic N) is 6. The molecule has 0 bridgehead atoms. The fraction of sp³-hybridized carbons (Fsp3) is 0.500. The van der Waals surface area contributed by atoms with E-state index in [0.29, 0.717) is 6.54 Å². The minimum absolute atomic E-state index is 0.0880. The number of aryl methyl sites for hydroxylation is 2. The number of rotatable bonds is 5. The Labute approximate surface area is 180 Å². The van der Waals surface area contributed by atoms with Gasteiger partial charge in [-0.2, -0.15) is 5.10 Å². The molecule has 2 N–H and O–H groups in total. The minimum atomic E-state index is -0.268. The lowest BCUT2D eigenvalue weighted by Crippen LogP contribution is -2.28.